The molecule has 0 aliphatic rings. The minimum Gasteiger partial charge on any atom is -0.379 e. The largest absolute Gasteiger partial charge is 0.379 e. The van der Waals surface area contributed by atoms with Crippen molar-refractivity contribution in [1.29, 1.82) is 0 Å². The van der Waals surface area contributed by atoms with Crippen molar-refractivity contribution < 1.29 is 9.13 Å². The van der Waals surface area contributed by atoms with Gasteiger partial charge >= 0.3 is 0 Å². The Balaban J connectivity index is 2.75. The summed E-state index contributed by atoms with van der Waals surface area (Å²) in [6.45, 7) is 6.10. The van der Waals surface area contributed by atoms with E-state index < -0.39 is 0 Å². The monoisotopic (exact) mass is 273 g/mol. The molecule has 0 saturated heterocycles. The molecule has 1 atom stereocenters. The Morgan fingerprint density at radius 1 is 1.33 bits per heavy atom. The molecule has 18 heavy (non-hydrogen) atoms. The van der Waals surface area contributed by atoms with Gasteiger partial charge in [-0.2, -0.15) is 0 Å². The number of nitrogens with one attached hydrogen (secondary N) is 1. The molecule has 2 nitrogen and oxygen atoms in total. The second-order valence-electron chi connectivity index (χ2n) is 4.25. The third kappa shape index (κ3) is 4.92. The van der Waals surface area contributed by atoms with E-state index in [2.05, 4.69) is 19.2 Å². The predicted octanol–water partition coefficient (Wildman–Crippen LogP) is 3.95. The first kappa shape index (κ1) is 15.4. The van der Waals surface area contributed by atoms with Crippen molar-refractivity contribution in [2.75, 3.05) is 19.8 Å². The third-order valence-electron chi connectivity index (χ3n) is 2.61. The highest BCUT2D eigenvalue weighted by atomic mass is 35.5. The quantitative estimate of drug-likeness (QED) is 0.724. The summed E-state index contributed by atoms with van der Waals surface area (Å²) in [5, 5.41) is 3.84. The van der Waals surface area contributed by atoms with Crippen molar-refractivity contribution in [2.45, 2.75) is 32.7 Å². The molecule has 0 saturated carbocycles. The highest BCUT2D eigenvalue weighted by Crippen LogP contribution is 2.22. The summed E-state index contributed by atoms with van der Waals surface area (Å²) >= 11 is 5.92. The van der Waals surface area contributed by atoms with Crippen LogP contribution < -0.4 is 5.32 Å². The van der Waals surface area contributed by atoms with E-state index in [-0.39, 0.29) is 11.9 Å². The van der Waals surface area contributed by atoms with Crippen LogP contribution >= 0.6 is 11.6 Å². The highest BCUT2D eigenvalue weighted by Gasteiger charge is 2.15. The highest BCUT2D eigenvalue weighted by molar-refractivity contribution is 6.30. The Labute approximate surface area is 113 Å². The van der Waals surface area contributed by atoms with E-state index in [9.17, 15) is 4.39 Å². The van der Waals surface area contributed by atoms with Gasteiger partial charge in [0.15, 0.2) is 0 Å². The standard InChI is InChI=1S/C14H21ClFNO/c1-3-7-17-14(10-18-8-4-2)12-9-11(15)5-6-13(12)16/h5-6,9,14,17H,3-4,7-8,10H2,1-2H3. The van der Waals surface area contributed by atoms with Crippen molar-refractivity contribution in [3.05, 3.63) is 34.6 Å². The zero-order chi connectivity index (χ0) is 13.4. The summed E-state index contributed by atoms with van der Waals surface area (Å²) in [4.78, 5) is 0. The van der Waals surface area contributed by atoms with Crippen LogP contribution in [0.25, 0.3) is 0 Å². The van der Waals surface area contributed by atoms with E-state index in [1.165, 1.54) is 6.07 Å². The van der Waals surface area contributed by atoms with Crippen LogP contribution in [-0.2, 0) is 4.74 Å². The van der Waals surface area contributed by atoms with Crippen molar-refractivity contribution in [1.82, 2.24) is 5.32 Å². The minimum absolute atomic E-state index is 0.143. The fourth-order valence-electron chi connectivity index (χ4n) is 1.70. The molecule has 1 rings (SSSR count). The molecule has 0 aliphatic carbocycles. The number of rotatable bonds is 8. The lowest BCUT2D eigenvalue weighted by atomic mass is 10.1. The number of hydrogen-bond acceptors (Lipinski definition) is 2. The van der Waals surface area contributed by atoms with Gasteiger partial charge in [0.25, 0.3) is 0 Å². The van der Waals surface area contributed by atoms with Crippen LogP contribution in [0.3, 0.4) is 0 Å². The minimum atomic E-state index is -0.242. The smallest absolute Gasteiger partial charge is 0.128 e. The fourth-order valence-corrected chi connectivity index (χ4v) is 1.88. The Morgan fingerprint density at radius 3 is 2.78 bits per heavy atom. The van der Waals surface area contributed by atoms with Crippen molar-refractivity contribution in [3.8, 4) is 0 Å². The summed E-state index contributed by atoms with van der Waals surface area (Å²) in [6, 6.07) is 4.48. The van der Waals surface area contributed by atoms with Gasteiger partial charge in [-0.15, -0.1) is 0 Å². The normalized spacial score (nSPS) is 12.7. The zero-order valence-electron chi connectivity index (χ0n) is 11.0. The molecule has 4 heteroatoms. The summed E-state index contributed by atoms with van der Waals surface area (Å²) in [5.41, 5.74) is 0.576. The molecule has 0 amide bonds. The van der Waals surface area contributed by atoms with Crippen LogP contribution in [0.4, 0.5) is 4.39 Å². The van der Waals surface area contributed by atoms with E-state index in [0.29, 0.717) is 23.8 Å². The maximum absolute atomic E-state index is 13.8. The van der Waals surface area contributed by atoms with Crippen molar-refractivity contribution in [2.24, 2.45) is 0 Å². The first-order valence-electron chi connectivity index (χ1n) is 6.45. The Morgan fingerprint density at radius 2 is 2.11 bits per heavy atom. The van der Waals surface area contributed by atoms with Gasteiger partial charge in [0.2, 0.25) is 0 Å². The van der Waals surface area contributed by atoms with Crippen LogP contribution in [-0.4, -0.2) is 19.8 Å². The molecule has 1 aromatic carbocycles. The third-order valence-corrected chi connectivity index (χ3v) is 2.84. The summed E-state index contributed by atoms with van der Waals surface area (Å²) in [7, 11) is 0. The van der Waals surface area contributed by atoms with Gasteiger partial charge in [-0.1, -0.05) is 25.4 Å². The summed E-state index contributed by atoms with van der Waals surface area (Å²) in [5.74, 6) is -0.242. The Bertz CT molecular complexity index is 360. The summed E-state index contributed by atoms with van der Waals surface area (Å²) < 4.78 is 19.3. The number of ether oxygens (including phenoxy) is 1. The molecule has 1 aromatic rings. The topological polar surface area (TPSA) is 21.3 Å². The molecule has 0 radical (unpaired) electrons. The van der Waals surface area contributed by atoms with E-state index in [1.807, 2.05) is 0 Å². The lowest BCUT2D eigenvalue weighted by Gasteiger charge is -2.19. The van der Waals surface area contributed by atoms with Gasteiger partial charge < -0.3 is 10.1 Å². The van der Waals surface area contributed by atoms with Gasteiger partial charge in [-0.3, -0.25) is 0 Å². The van der Waals surface area contributed by atoms with Crippen LogP contribution in [0.1, 0.15) is 38.3 Å². The number of hydrogen-bond donors (Lipinski definition) is 1. The average molecular weight is 274 g/mol. The maximum Gasteiger partial charge on any atom is 0.128 e. The molecule has 102 valence electrons. The van der Waals surface area contributed by atoms with Crippen LogP contribution in [0.2, 0.25) is 5.02 Å². The van der Waals surface area contributed by atoms with E-state index in [0.717, 1.165) is 19.4 Å². The van der Waals surface area contributed by atoms with E-state index in [1.54, 1.807) is 12.1 Å². The van der Waals surface area contributed by atoms with Crippen LogP contribution in [0.5, 0.6) is 0 Å². The maximum atomic E-state index is 13.8. The van der Waals surface area contributed by atoms with Gasteiger partial charge in [-0.05, 0) is 37.6 Å². The SMILES string of the molecule is CCCNC(COCCC)c1cc(Cl)ccc1F. The molecule has 0 aromatic heterocycles. The molecule has 0 bridgehead atoms. The van der Waals surface area contributed by atoms with Gasteiger partial charge in [0.1, 0.15) is 5.82 Å². The molecule has 1 unspecified atom stereocenters. The van der Waals surface area contributed by atoms with Crippen molar-refractivity contribution in [3.63, 3.8) is 0 Å². The van der Waals surface area contributed by atoms with E-state index >= 15 is 0 Å². The predicted molar refractivity (Wildman–Crippen MR) is 73.6 cm³/mol. The number of benzene rings is 1. The second-order valence-corrected chi connectivity index (χ2v) is 4.68. The lowest BCUT2D eigenvalue weighted by Crippen LogP contribution is -2.27. The molecule has 0 spiro atoms. The Hall–Kier alpha value is -0.640. The van der Waals surface area contributed by atoms with Crippen molar-refractivity contribution >= 4 is 11.6 Å². The Kier molecular flexibility index (Phi) is 7.25. The second kappa shape index (κ2) is 8.46. The molecular weight excluding hydrogens is 253 g/mol. The van der Waals surface area contributed by atoms with Gasteiger partial charge in [0, 0.05) is 17.2 Å². The van der Waals surface area contributed by atoms with Crippen LogP contribution in [0, 0.1) is 5.82 Å². The first-order chi connectivity index (χ1) is 8.69. The molecule has 0 fully saturated rings. The van der Waals surface area contributed by atoms with E-state index in [4.69, 9.17) is 16.3 Å². The molecule has 0 aliphatic heterocycles. The molecule has 1 N–H and O–H groups in total. The zero-order valence-corrected chi connectivity index (χ0v) is 11.8. The lowest BCUT2D eigenvalue weighted by molar-refractivity contribution is 0.111. The molecular formula is C14H21ClFNO. The van der Waals surface area contributed by atoms with Crippen LogP contribution in [0.15, 0.2) is 18.2 Å². The number of halogens is 2. The van der Waals surface area contributed by atoms with Gasteiger partial charge in [-0.25, -0.2) is 4.39 Å². The first-order valence-corrected chi connectivity index (χ1v) is 6.82. The molecule has 0 heterocycles. The fraction of sp³-hybridized carbons (Fsp3) is 0.571. The van der Waals surface area contributed by atoms with Gasteiger partial charge in [0.05, 0.1) is 12.6 Å². The summed E-state index contributed by atoms with van der Waals surface area (Å²) in [6.07, 6.45) is 1.95. The average Bonchev–Trinajstić information content (AvgIpc) is 2.37.